The standard InChI is InChI=1S/C36H52O11/c1-21-13-26-9-8-10-32(39)46-31(23(3)37)20-30-17-25(18-33(40)42-7)34(43-24(4)38)36(41,47-30)35(5,6)12-11-27-14-22(2)16-29(45-27)19-28(15-21)44-26/h11-12,18,23,26-31,34,37,41H,1-2,8-10,13-17,19-20H2,3-7H3/b12-11+,25-18+/t23-,26?,27?,28?,29?,30?,31?,34+,36?/m1/s1. The average molecular weight is 661 g/mol. The summed E-state index contributed by atoms with van der Waals surface area (Å²) in [6.45, 7) is 14.7. The molecule has 0 aromatic rings. The summed E-state index contributed by atoms with van der Waals surface area (Å²) in [7, 11) is 1.22. The zero-order chi connectivity index (χ0) is 34.5. The number of esters is 3. The predicted molar refractivity (Wildman–Crippen MR) is 172 cm³/mol. The van der Waals surface area contributed by atoms with Crippen LogP contribution in [0.4, 0.5) is 0 Å². The van der Waals surface area contributed by atoms with Crippen LogP contribution < -0.4 is 0 Å². The summed E-state index contributed by atoms with van der Waals surface area (Å²) < 4.78 is 35.6. The van der Waals surface area contributed by atoms with E-state index in [9.17, 15) is 24.6 Å². The Labute approximate surface area is 277 Å². The first-order chi connectivity index (χ1) is 22.1. The normalized spacial score (nSPS) is 37.6. The lowest BCUT2D eigenvalue weighted by molar-refractivity contribution is -0.327. The fraction of sp³-hybridized carbons (Fsp3) is 0.694. The van der Waals surface area contributed by atoms with Crippen molar-refractivity contribution in [1.82, 2.24) is 0 Å². The average Bonchev–Trinajstić information content (AvgIpc) is 2.96. The molecule has 0 spiro atoms. The van der Waals surface area contributed by atoms with Crippen LogP contribution in [0.5, 0.6) is 0 Å². The first-order valence-electron chi connectivity index (χ1n) is 16.7. The van der Waals surface area contributed by atoms with E-state index in [1.807, 2.05) is 6.08 Å². The monoisotopic (exact) mass is 660 g/mol. The minimum atomic E-state index is -2.19. The van der Waals surface area contributed by atoms with Crippen molar-refractivity contribution in [2.75, 3.05) is 7.11 Å². The summed E-state index contributed by atoms with van der Waals surface area (Å²) >= 11 is 0. The van der Waals surface area contributed by atoms with Gasteiger partial charge in [-0.2, -0.15) is 0 Å². The molecule has 7 unspecified atom stereocenters. The molecule has 0 aromatic heterocycles. The fourth-order valence-corrected chi connectivity index (χ4v) is 7.02. The van der Waals surface area contributed by atoms with Gasteiger partial charge in [-0.15, -0.1) is 0 Å². The summed E-state index contributed by atoms with van der Waals surface area (Å²) in [4.78, 5) is 37.8. The fourth-order valence-electron chi connectivity index (χ4n) is 7.02. The second kappa shape index (κ2) is 15.6. The number of fused-ring (bicyclic) bond motifs is 6. The van der Waals surface area contributed by atoms with Crippen LogP contribution >= 0.6 is 0 Å². The molecule has 0 aliphatic carbocycles. The summed E-state index contributed by atoms with van der Waals surface area (Å²) in [5.74, 6) is -4.06. The maximum atomic E-state index is 13.0. The second-order valence-corrected chi connectivity index (χ2v) is 14.1. The molecule has 4 aliphatic rings. The van der Waals surface area contributed by atoms with E-state index in [0.717, 1.165) is 24.0 Å². The van der Waals surface area contributed by atoms with E-state index in [4.69, 9.17) is 28.4 Å². The molecule has 2 N–H and O–H groups in total. The van der Waals surface area contributed by atoms with Crippen LogP contribution in [-0.4, -0.2) is 89.8 Å². The Kier molecular flexibility index (Phi) is 12.3. The summed E-state index contributed by atoms with van der Waals surface area (Å²) in [5.41, 5.74) is 1.19. The lowest BCUT2D eigenvalue weighted by atomic mass is 9.74. The van der Waals surface area contributed by atoms with Gasteiger partial charge in [0.2, 0.25) is 5.79 Å². The van der Waals surface area contributed by atoms with Crippen LogP contribution in [0.25, 0.3) is 0 Å². The second-order valence-electron chi connectivity index (χ2n) is 14.1. The van der Waals surface area contributed by atoms with Crippen molar-refractivity contribution in [3.63, 3.8) is 0 Å². The van der Waals surface area contributed by atoms with Gasteiger partial charge in [-0.1, -0.05) is 50.3 Å². The third kappa shape index (κ3) is 9.63. The number of carbonyl (C=O) groups is 3. The molecule has 262 valence electrons. The molecule has 0 aromatic carbocycles. The first-order valence-corrected chi connectivity index (χ1v) is 16.7. The van der Waals surface area contributed by atoms with Crippen molar-refractivity contribution < 1.29 is 53.0 Å². The molecule has 0 amide bonds. The highest BCUT2D eigenvalue weighted by molar-refractivity contribution is 5.83. The maximum Gasteiger partial charge on any atom is 0.330 e. The molecule has 11 heteroatoms. The van der Waals surface area contributed by atoms with E-state index in [2.05, 4.69) is 13.2 Å². The molecule has 4 heterocycles. The van der Waals surface area contributed by atoms with Crippen molar-refractivity contribution in [2.45, 2.75) is 147 Å². The minimum absolute atomic E-state index is 0.00268. The summed E-state index contributed by atoms with van der Waals surface area (Å²) in [6.07, 6.45) is 4.71. The van der Waals surface area contributed by atoms with Crippen LogP contribution in [0.3, 0.4) is 0 Å². The van der Waals surface area contributed by atoms with Gasteiger partial charge in [0.15, 0.2) is 6.10 Å². The van der Waals surface area contributed by atoms with Gasteiger partial charge in [0.25, 0.3) is 0 Å². The zero-order valence-electron chi connectivity index (χ0n) is 28.4. The van der Waals surface area contributed by atoms with Gasteiger partial charge < -0.3 is 38.6 Å². The minimum Gasteiger partial charge on any atom is -0.466 e. The molecule has 9 atom stereocenters. The quantitative estimate of drug-likeness (QED) is 0.190. The van der Waals surface area contributed by atoms with E-state index < -0.39 is 53.5 Å². The molecule has 6 bridgehead atoms. The lowest BCUT2D eigenvalue weighted by Gasteiger charge is -2.51. The molecular weight excluding hydrogens is 608 g/mol. The highest BCUT2D eigenvalue weighted by Gasteiger charge is 2.57. The predicted octanol–water partition coefficient (Wildman–Crippen LogP) is 4.54. The number of hydrogen-bond donors (Lipinski definition) is 2. The topological polar surface area (TPSA) is 147 Å². The van der Waals surface area contributed by atoms with Crippen molar-refractivity contribution in [3.05, 3.63) is 48.1 Å². The smallest absolute Gasteiger partial charge is 0.330 e. The Morgan fingerprint density at radius 2 is 1.68 bits per heavy atom. The number of aliphatic hydroxyl groups excluding tert-OH is 1. The molecule has 11 nitrogen and oxygen atoms in total. The zero-order valence-corrected chi connectivity index (χ0v) is 28.4. The molecule has 47 heavy (non-hydrogen) atoms. The van der Waals surface area contributed by atoms with Gasteiger partial charge in [0.1, 0.15) is 6.10 Å². The van der Waals surface area contributed by atoms with E-state index in [-0.39, 0.29) is 49.3 Å². The third-order valence-corrected chi connectivity index (χ3v) is 9.48. The number of ether oxygens (including phenoxy) is 6. The molecule has 3 fully saturated rings. The van der Waals surface area contributed by atoms with Crippen LogP contribution in [0, 0.1) is 5.41 Å². The summed E-state index contributed by atoms with van der Waals surface area (Å²) in [5, 5.41) is 23.1. The molecular formula is C36H52O11. The maximum absolute atomic E-state index is 13.0. The first kappa shape index (κ1) is 37.0. The van der Waals surface area contributed by atoms with Crippen molar-refractivity contribution >= 4 is 17.9 Å². The SMILES string of the molecule is C=C1CC2/C=C/C(C)(C)C3(O)OC(C/C(=C\C(=O)OC)[C@@H]3OC(C)=O)CC([C@@H](C)O)OC(=O)CCCC3CC(=C)CC(CC(C1)O2)O3. The van der Waals surface area contributed by atoms with E-state index in [1.165, 1.54) is 27.0 Å². The van der Waals surface area contributed by atoms with E-state index in [0.29, 0.717) is 32.1 Å². The van der Waals surface area contributed by atoms with Crippen LogP contribution in [0.1, 0.15) is 91.9 Å². The highest BCUT2D eigenvalue weighted by atomic mass is 16.7. The Hall–Kier alpha value is -2.83. The van der Waals surface area contributed by atoms with Gasteiger partial charge in [0, 0.05) is 37.7 Å². The number of hydrogen-bond acceptors (Lipinski definition) is 11. The molecule has 0 radical (unpaired) electrons. The number of aliphatic hydroxyl groups is 2. The number of rotatable bonds is 3. The Bertz CT molecular complexity index is 1250. The van der Waals surface area contributed by atoms with Gasteiger partial charge in [0.05, 0.1) is 43.7 Å². The van der Waals surface area contributed by atoms with Crippen LogP contribution in [-0.2, 0) is 42.8 Å². The Morgan fingerprint density at radius 3 is 2.34 bits per heavy atom. The molecule has 3 saturated heterocycles. The lowest BCUT2D eigenvalue weighted by Crippen LogP contribution is -2.62. The largest absolute Gasteiger partial charge is 0.466 e. The number of methoxy groups -OCH3 is 1. The van der Waals surface area contributed by atoms with Gasteiger partial charge >= 0.3 is 17.9 Å². The van der Waals surface area contributed by atoms with Gasteiger partial charge in [-0.3, -0.25) is 9.59 Å². The summed E-state index contributed by atoms with van der Waals surface area (Å²) in [6, 6.07) is 0. The van der Waals surface area contributed by atoms with E-state index in [1.54, 1.807) is 19.9 Å². The highest BCUT2D eigenvalue weighted by Crippen LogP contribution is 2.47. The molecule has 4 rings (SSSR count). The number of carbonyl (C=O) groups excluding carboxylic acids is 3. The van der Waals surface area contributed by atoms with Crippen molar-refractivity contribution in [1.29, 1.82) is 0 Å². The third-order valence-electron chi connectivity index (χ3n) is 9.48. The van der Waals surface area contributed by atoms with Crippen LogP contribution in [0.2, 0.25) is 0 Å². The van der Waals surface area contributed by atoms with E-state index >= 15 is 0 Å². The van der Waals surface area contributed by atoms with Gasteiger partial charge in [-0.25, -0.2) is 4.79 Å². The molecule has 4 aliphatic heterocycles. The number of cyclic esters (lactones) is 1. The van der Waals surface area contributed by atoms with Crippen molar-refractivity contribution in [2.24, 2.45) is 5.41 Å². The van der Waals surface area contributed by atoms with Crippen molar-refractivity contribution in [3.8, 4) is 0 Å². The Morgan fingerprint density at radius 1 is 1.02 bits per heavy atom. The van der Waals surface area contributed by atoms with Crippen LogP contribution in [0.15, 0.2) is 48.1 Å². The van der Waals surface area contributed by atoms with Gasteiger partial charge in [-0.05, 0) is 57.4 Å². The molecule has 0 saturated carbocycles. The Balaban J connectivity index is 1.74.